The monoisotopic (exact) mass is 684 g/mol. The number of benzene rings is 2. The fraction of sp³-hybridized carbons (Fsp3) is 0.500. The van der Waals surface area contributed by atoms with Gasteiger partial charge in [0.15, 0.2) is 6.10 Å². The third-order valence-electron chi connectivity index (χ3n) is 9.17. The number of aryl methyl sites for hydroxylation is 1. The van der Waals surface area contributed by atoms with Gasteiger partial charge >= 0.3 is 0 Å². The third kappa shape index (κ3) is 9.06. The first-order valence-electron chi connectivity index (χ1n) is 16.3. The van der Waals surface area contributed by atoms with Crippen molar-refractivity contribution in [3.05, 3.63) is 77.1 Å². The largest absolute Gasteiger partial charge is 0.490 e. The molecule has 0 bridgehead atoms. The molecule has 2 fully saturated rings. The van der Waals surface area contributed by atoms with Crippen LogP contribution in [0.2, 0.25) is 5.02 Å². The van der Waals surface area contributed by atoms with E-state index in [1.165, 1.54) is 23.1 Å². The molecule has 0 unspecified atom stereocenters. The topological polar surface area (TPSA) is 144 Å². The summed E-state index contributed by atoms with van der Waals surface area (Å²) < 4.78 is 6.26. The van der Waals surface area contributed by atoms with E-state index in [9.17, 15) is 25.2 Å². The van der Waals surface area contributed by atoms with Gasteiger partial charge in [-0.3, -0.25) is 9.78 Å². The van der Waals surface area contributed by atoms with Crippen LogP contribution in [0, 0.1) is 0 Å². The van der Waals surface area contributed by atoms with Crippen LogP contribution in [0.25, 0.3) is 11.1 Å². The van der Waals surface area contributed by atoms with Crippen molar-refractivity contribution >= 4 is 29.3 Å². The van der Waals surface area contributed by atoms with Gasteiger partial charge in [0.25, 0.3) is 5.91 Å². The van der Waals surface area contributed by atoms with Crippen molar-refractivity contribution in [1.82, 2.24) is 9.88 Å². The fourth-order valence-electron chi connectivity index (χ4n) is 5.87. The van der Waals surface area contributed by atoms with Crippen LogP contribution in [-0.4, -0.2) is 97.8 Å². The van der Waals surface area contributed by atoms with Crippen LogP contribution in [0.5, 0.6) is 5.75 Å². The average Bonchev–Trinajstić information content (AvgIpc) is 4.04. The quantitative estimate of drug-likeness (QED) is 0.0975. The van der Waals surface area contributed by atoms with Gasteiger partial charge in [-0.15, -0.1) is 11.8 Å². The van der Waals surface area contributed by atoms with Crippen molar-refractivity contribution in [2.75, 3.05) is 26.0 Å². The number of hydrogen-bond donors (Lipinski definition) is 5. The SMILES string of the molecule is CN(CCCCSc1ccc(Cl)c(CCC2(c3cnccc3-c3ccccc3OC3CC3)CC2)c1)C(=O)[C@@H](O)[C@@H](O)[C@H](O)[C@@H](O)CO. The molecule has 0 spiro atoms. The molecule has 0 saturated heterocycles. The maximum absolute atomic E-state index is 12.5. The molecule has 2 saturated carbocycles. The zero-order valence-electron chi connectivity index (χ0n) is 26.7. The van der Waals surface area contributed by atoms with Gasteiger partial charge in [-0.05, 0) is 110 Å². The number of nitrogens with zero attached hydrogens (tertiary/aromatic N) is 2. The molecule has 3 aromatic rings. The molecule has 2 aromatic carbocycles. The van der Waals surface area contributed by atoms with E-state index in [1.54, 1.807) is 11.8 Å². The predicted octanol–water partition coefficient (Wildman–Crippen LogP) is 4.37. The van der Waals surface area contributed by atoms with Gasteiger partial charge in [0.05, 0.1) is 12.7 Å². The second kappa shape index (κ2) is 16.1. The molecule has 11 heteroatoms. The second-order valence-electron chi connectivity index (χ2n) is 12.8. The highest BCUT2D eigenvalue weighted by Gasteiger charge is 2.45. The normalized spacial score (nSPS) is 17.9. The number of ether oxygens (including phenoxy) is 1. The van der Waals surface area contributed by atoms with Crippen molar-refractivity contribution in [1.29, 1.82) is 0 Å². The fourth-order valence-corrected chi connectivity index (χ4v) is 7.05. The summed E-state index contributed by atoms with van der Waals surface area (Å²) in [4.78, 5) is 19.4. The van der Waals surface area contributed by atoms with Crippen LogP contribution in [0.3, 0.4) is 0 Å². The van der Waals surface area contributed by atoms with Crippen LogP contribution in [0.15, 0.2) is 65.8 Å². The van der Waals surface area contributed by atoms with Crippen LogP contribution in [-0.2, 0) is 16.6 Å². The lowest BCUT2D eigenvalue weighted by Crippen LogP contribution is -2.52. The van der Waals surface area contributed by atoms with Crippen LogP contribution < -0.4 is 4.74 Å². The molecule has 0 radical (unpaired) electrons. The van der Waals surface area contributed by atoms with E-state index in [1.807, 2.05) is 30.6 Å². The Morgan fingerprint density at radius 2 is 1.83 bits per heavy atom. The van der Waals surface area contributed by atoms with E-state index < -0.39 is 36.9 Å². The van der Waals surface area contributed by atoms with Crippen LogP contribution in [0.4, 0.5) is 0 Å². The number of aromatic nitrogens is 1. The molecular weight excluding hydrogens is 640 g/mol. The molecule has 5 N–H and O–H groups in total. The van der Waals surface area contributed by atoms with Crippen LogP contribution >= 0.6 is 23.4 Å². The van der Waals surface area contributed by atoms with E-state index in [2.05, 4.69) is 35.3 Å². The molecule has 254 valence electrons. The lowest BCUT2D eigenvalue weighted by Gasteiger charge is -2.28. The molecular formula is C36H45ClN2O7S. The summed E-state index contributed by atoms with van der Waals surface area (Å²) in [5.74, 6) is 0.996. The molecule has 1 amide bonds. The number of pyridine rings is 1. The summed E-state index contributed by atoms with van der Waals surface area (Å²) in [7, 11) is 1.51. The summed E-state index contributed by atoms with van der Waals surface area (Å²) in [5, 5.41) is 49.1. The summed E-state index contributed by atoms with van der Waals surface area (Å²) in [6, 6.07) is 16.6. The minimum absolute atomic E-state index is 0.0621. The molecule has 0 aliphatic heterocycles. The van der Waals surface area contributed by atoms with Gasteiger partial charge in [0.1, 0.15) is 24.1 Å². The van der Waals surface area contributed by atoms with E-state index in [4.69, 9.17) is 21.4 Å². The van der Waals surface area contributed by atoms with E-state index in [0.717, 1.165) is 77.5 Å². The Morgan fingerprint density at radius 1 is 1.06 bits per heavy atom. The summed E-state index contributed by atoms with van der Waals surface area (Å²) in [5.41, 5.74) is 4.78. The Labute approximate surface area is 285 Å². The Kier molecular flexibility index (Phi) is 12.2. The molecule has 1 heterocycles. The second-order valence-corrected chi connectivity index (χ2v) is 14.3. The summed E-state index contributed by atoms with van der Waals surface area (Å²) in [6.45, 7) is -0.454. The smallest absolute Gasteiger partial charge is 0.253 e. The Balaban J connectivity index is 1.13. The molecule has 2 aliphatic carbocycles. The van der Waals surface area contributed by atoms with Crippen LogP contribution in [0.1, 0.15) is 56.1 Å². The highest BCUT2D eigenvalue weighted by atomic mass is 35.5. The Morgan fingerprint density at radius 3 is 2.55 bits per heavy atom. The molecule has 5 rings (SSSR count). The number of para-hydroxylation sites is 1. The zero-order chi connectivity index (χ0) is 33.6. The van der Waals surface area contributed by atoms with Crippen molar-refractivity contribution in [3.63, 3.8) is 0 Å². The number of halogens is 1. The number of likely N-dealkylation sites (N-methyl/N-ethyl adjacent to an activating group) is 1. The molecule has 9 nitrogen and oxygen atoms in total. The van der Waals surface area contributed by atoms with E-state index in [-0.39, 0.29) is 5.41 Å². The summed E-state index contributed by atoms with van der Waals surface area (Å²) >= 11 is 8.40. The first kappa shape index (κ1) is 35.6. The van der Waals surface area contributed by atoms with Gasteiger partial charge in [-0.25, -0.2) is 0 Å². The summed E-state index contributed by atoms with van der Waals surface area (Å²) in [6.07, 6.45) is 4.66. The number of hydrogen-bond acceptors (Lipinski definition) is 9. The maximum Gasteiger partial charge on any atom is 0.253 e. The lowest BCUT2D eigenvalue weighted by atomic mass is 9.85. The number of unbranched alkanes of at least 4 members (excludes halogenated alkanes) is 1. The third-order valence-corrected chi connectivity index (χ3v) is 10.6. The lowest BCUT2D eigenvalue weighted by molar-refractivity contribution is -0.157. The van der Waals surface area contributed by atoms with Crippen molar-refractivity contribution in [2.45, 2.75) is 92.2 Å². The van der Waals surface area contributed by atoms with Gasteiger partial charge in [0, 0.05) is 41.5 Å². The molecule has 1 aromatic heterocycles. The molecule has 2 aliphatic rings. The number of carbonyl (C=O) groups excluding carboxylic acids is 1. The molecule has 4 atom stereocenters. The molecule has 47 heavy (non-hydrogen) atoms. The van der Waals surface area contributed by atoms with Crippen molar-refractivity contribution in [3.8, 4) is 16.9 Å². The highest BCUT2D eigenvalue weighted by molar-refractivity contribution is 7.99. The average molecular weight is 685 g/mol. The predicted molar refractivity (Wildman–Crippen MR) is 183 cm³/mol. The first-order chi connectivity index (χ1) is 22.6. The van der Waals surface area contributed by atoms with E-state index in [0.29, 0.717) is 19.1 Å². The number of rotatable bonds is 18. The maximum atomic E-state index is 12.5. The number of thioether (sulfide) groups is 1. The highest BCUT2D eigenvalue weighted by Crippen LogP contribution is 2.55. The first-order valence-corrected chi connectivity index (χ1v) is 17.7. The minimum Gasteiger partial charge on any atom is -0.490 e. The van der Waals surface area contributed by atoms with Crippen molar-refractivity contribution in [2.24, 2.45) is 0 Å². The number of aliphatic hydroxyl groups is 5. The number of carbonyl (C=O) groups is 1. The Hall–Kier alpha value is -2.70. The number of amides is 1. The van der Waals surface area contributed by atoms with Gasteiger partial charge in [-0.2, -0.15) is 0 Å². The standard InChI is InChI=1S/C36H45ClN2O7S/c1-39(35(45)34(44)33(43)32(42)30(41)22-40)18-4-5-19-47-25-10-11-29(37)23(20-25)12-14-36(15-16-36)28-21-38-17-13-26(28)27-6-2-3-7-31(27)46-24-8-9-24/h2-3,6-7,10-11,13,17,20-21,24,30,32-34,40-44H,4-5,8-9,12,14-16,18-19,22H2,1H3/t30-,32+,33-,34-/m0/s1. The Bertz CT molecular complexity index is 1500. The van der Waals surface area contributed by atoms with E-state index >= 15 is 0 Å². The van der Waals surface area contributed by atoms with Gasteiger partial charge in [-0.1, -0.05) is 29.8 Å². The van der Waals surface area contributed by atoms with Crippen molar-refractivity contribution < 1.29 is 35.1 Å². The number of aliphatic hydroxyl groups excluding tert-OH is 5. The minimum atomic E-state index is -1.91. The zero-order valence-corrected chi connectivity index (χ0v) is 28.2. The van der Waals surface area contributed by atoms with Gasteiger partial charge in [0.2, 0.25) is 0 Å². The van der Waals surface area contributed by atoms with Gasteiger partial charge < -0.3 is 35.2 Å².